The van der Waals surface area contributed by atoms with Crippen molar-refractivity contribution < 1.29 is 82.5 Å². The molecule has 25 nitrogen and oxygen atoms in total. The summed E-state index contributed by atoms with van der Waals surface area (Å²) in [5.41, 5.74) is 3.87. The first-order valence-electron chi connectivity index (χ1n) is 30.2. The van der Waals surface area contributed by atoms with Gasteiger partial charge < -0.3 is 76.2 Å². The van der Waals surface area contributed by atoms with Gasteiger partial charge in [-0.3, -0.25) is 33.7 Å². The van der Waals surface area contributed by atoms with Gasteiger partial charge in [0.05, 0.1) is 36.4 Å². The van der Waals surface area contributed by atoms with E-state index in [0.717, 1.165) is 4.90 Å². The van der Waals surface area contributed by atoms with Crippen LogP contribution in [0.25, 0.3) is 0 Å². The fourth-order valence-corrected chi connectivity index (χ4v) is 10.4. The Hall–Kier alpha value is -7.19. The number of allylic oxidation sites excluding steroid dienone is 2. The van der Waals surface area contributed by atoms with Crippen LogP contribution in [-0.2, 0) is 54.3 Å². The molecule has 482 valence electrons. The molecule has 0 spiro atoms. The van der Waals surface area contributed by atoms with E-state index in [1.165, 1.54) is 28.9 Å². The van der Waals surface area contributed by atoms with Crippen LogP contribution in [0.15, 0.2) is 72.4 Å². The lowest BCUT2D eigenvalue weighted by Gasteiger charge is -2.37. The van der Waals surface area contributed by atoms with Gasteiger partial charge in [-0.05, 0) is 101 Å². The smallest absolute Gasteiger partial charge is 0.410 e. The summed E-state index contributed by atoms with van der Waals surface area (Å²) in [5, 5.41) is 54.7. The zero-order chi connectivity index (χ0) is 64.2. The Balaban J connectivity index is 1.11. The Morgan fingerprint density at radius 1 is 0.920 bits per heavy atom. The van der Waals surface area contributed by atoms with Crippen molar-refractivity contribution in [3.8, 4) is 0 Å². The van der Waals surface area contributed by atoms with E-state index in [4.69, 9.17) is 24.7 Å². The summed E-state index contributed by atoms with van der Waals surface area (Å²) in [6.07, 6.45) is 7.77. The molecule has 5 rings (SSSR count). The molecule has 2 saturated heterocycles. The van der Waals surface area contributed by atoms with E-state index in [1.807, 2.05) is 13.8 Å². The summed E-state index contributed by atoms with van der Waals surface area (Å²) < 4.78 is 23.2. The van der Waals surface area contributed by atoms with Crippen molar-refractivity contribution >= 4 is 59.4 Å². The number of benzene rings is 1. The summed E-state index contributed by atoms with van der Waals surface area (Å²) in [6, 6.07) is 3.63. The minimum atomic E-state index is -1.67. The highest BCUT2D eigenvalue weighted by Gasteiger charge is 2.47. The molecule has 0 bridgehead atoms. The van der Waals surface area contributed by atoms with Gasteiger partial charge in [0.15, 0.2) is 6.10 Å². The second-order valence-electron chi connectivity index (χ2n) is 24.0. The number of hydrogen-bond donors (Lipinski definition) is 9. The molecule has 4 aliphatic rings. The van der Waals surface area contributed by atoms with Crippen LogP contribution in [0.3, 0.4) is 0 Å². The fourth-order valence-electron chi connectivity index (χ4n) is 10.4. The highest BCUT2D eigenvalue weighted by atomic mass is 16.6. The molecule has 0 aromatic heterocycles. The number of epoxide rings is 1. The van der Waals surface area contributed by atoms with Gasteiger partial charge in [0.1, 0.15) is 30.4 Å². The van der Waals surface area contributed by atoms with Gasteiger partial charge in [-0.25, -0.2) is 14.4 Å². The number of urea groups is 1. The molecular weight excluding hydrogens is 1130 g/mol. The lowest BCUT2D eigenvalue weighted by Crippen LogP contribution is -2.54. The lowest BCUT2D eigenvalue weighted by atomic mass is 9.88. The maximum Gasteiger partial charge on any atom is 0.410 e. The van der Waals surface area contributed by atoms with E-state index in [9.17, 15) is 63.6 Å². The molecular formula is C62H92N8O17. The van der Waals surface area contributed by atoms with E-state index in [0.29, 0.717) is 48.9 Å². The minimum Gasteiger partial charge on any atom is -0.457 e. The van der Waals surface area contributed by atoms with Gasteiger partial charge in [-0.15, -0.1) is 0 Å². The molecule has 25 heteroatoms. The number of aliphatic hydroxyl groups is 4. The van der Waals surface area contributed by atoms with Crippen LogP contribution in [0.4, 0.5) is 20.1 Å². The molecule has 1 aromatic rings. The Morgan fingerprint density at radius 2 is 1.57 bits per heavy atom. The highest BCUT2D eigenvalue weighted by Crippen LogP contribution is 2.38. The number of ether oxygens (including phenoxy) is 4. The van der Waals surface area contributed by atoms with E-state index in [1.54, 1.807) is 89.3 Å². The maximum absolute atomic E-state index is 13.7. The van der Waals surface area contributed by atoms with Crippen molar-refractivity contribution in [2.45, 2.75) is 193 Å². The number of esters is 1. The number of nitrogens with two attached hydrogens (primary N) is 1. The fraction of sp³-hybridized carbons (Fsp3) is 0.629. The van der Waals surface area contributed by atoms with Crippen molar-refractivity contribution in [1.82, 2.24) is 30.7 Å². The number of piperazine rings is 1. The molecule has 12 atom stereocenters. The highest BCUT2D eigenvalue weighted by molar-refractivity contribution is 6.12. The molecule has 9 amide bonds. The molecule has 2 fully saturated rings. The second kappa shape index (κ2) is 33.2. The predicted molar refractivity (Wildman–Crippen MR) is 319 cm³/mol. The van der Waals surface area contributed by atoms with E-state index in [-0.39, 0.29) is 126 Å². The normalized spacial score (nSPS) is 25.2. The number of aliphatic hydroxyl groups excluding tert-OH is 2. The molecule has 87 heavy (non-hydrogen) atoms. The SMILES string of the molecule is CC[C@H](O)[C@@H](C)[C@H]1O[C@@H]1C[C@@](C)(O)/C=C/C=C(\C)[C@H]1OC(=O)C[C@H](O)CC[C@@](C)(O)[C@@H](OC(=O)N2CCN(C(=O)OCc3ccc(NC(=O)[C@H](CCCNC(N)=O)NC(=O)[C@@H](NC(=O)CCCCCN4C(=O)C=CC4=O)C(C)C)cc3)CC2)/C=C/[C@@H]1C. The van der Waals surface area contributed by atoms with Crippen molar-refractivity contribution in [3.63, 3.8) is 0 Å². The number of amides is 9. The molecule has 4 aliphatic heterocycles. The number of hydrogen-bond acceptors (Lipinski definition) is 17. The number of carbonyl (C=O) groups is 9. The number of anilines is 1. The number of carbonyl (C=O) groups excluding carboxylic acids is 9. The van der Waals surface area contributed by atoms with Crippen molar-refractivity contribution in [3.05, 3.63) is 77.9 Å². The van der Waals surface area contributed by atoms with Crippen LogP contribution in [0.2, 0.25) is 0 Å². The number of imide groups is 1. The lowest BCUT2D eigenvalue weighted by molar-refractivity contribution is -0.151. The molecule has 0 aliphatic carbocycles. The Bertz CT molecular complexity index is 2650. The molecule has 10 N–H and O–H groups in total. The van der Waals surface area contributed by atoms with Crippen molar-refractivity contribution in [2.24, 2.45) is 23.5 Å². The van der Waals surface area contributed by atoms with Crippen molar-refractivity contribution in [1.29, 1.82) is 0 Å². The third kappa shape index (κ3) is 22.8. The predicted octanol–water partition coefficient (Wildman–Crippen LogP) is 4.16. The van der Waals surface area contributed by atoms with E-state index < -0.39 is 89.6 Å². The molecule has 0 radical (unpaired) electrons. The van der Waals surface area contributed by atoms with Gasteiger partial charge in [-0.2, -0.15) is 0 Å². The maximum atomic E-state index is 13.7. The third-order valence-corrected chi connectivity index (χ3v) is 16.0. The Labute approximate surface area is 509 Å². The molecule has 1 aromatic carbocycles. The first kappa shape index (κ1) is 70.6. The van der Waals surface area contributed by atoms with Crippen LogP contribution >= 0.6 is 0 Å². The van der Waals surface area contributed by atoms with Gasteiger partial charge in [0, 0.05) is 81.8 Å². The quantitative estimate of drug-likeness (QED) is 0.0114. The first-order valence-corrected chi connectivity index (χ1v) is 30.2. The third-order valence-electron chi connectivity index (χ3n) is 16.0. The number of rotatable bonds is 27. The van der Waals surface area contributed by atoms with Crippen LogP contribution in [-0.4, -0.2) is 188 Å². The van der Waals surface area contributed by atoms with Crippen LogP contribution in [0, 0.1) is 17.8 Å². The Morgan fingerprint density at radius 3 is 2.21 bits per heavy atom. The average molecular weight is 1220 g/mol. The zero-order valence-corrected chi connectivity index (χ0v) is 51.4. The van der Waals surface area contributed by atoms with Crippen LogP contribution < -0.4 is 27.0 Å². The van der Waals surface area contributed by atoms with Crippen molar-refractivity contribution in [2.75, 3.05) is 44.6 Å². The average Bonchev–Trinajstić information content (AvgIpc) is 1.86. The minimum absolute atomic E-state index is 0.00767. The number of nitrogens with one attached hydrogen (secondary N) is 4. The summed E-state index contributed by atoms with van der Waals surface area (Å²) in [4.78, 5) is 119. The summed E-state index contributed by atoms with van der Waals surface area (Å²) in [7, 11) is 0. The van der Waals surface area contributed by atoms with Crippen LogP contribution in [0.5, 0.6) is 0 Å². The summed E-state index contributed by atoms with van der Waals surface area (Å²) >= 11 is 0. The summed E-state index contributed by atoms with van der Waals surface area (Å²) in [6.45, 7) is 14.6. The molecule has 0 saturated carbocycles. The number of nitrogens with zero attached hydrogens (tertiary/aromatic N) is 3. The van der Waals surface area contributed by atoms with Gasteiger partial charge in [0.25, 0.3) is 11.8 Å². The monoisotopic (exact) mass is 1220 g/mol. The standard InChI is InChI=1S/C62H92N8O17/c1-9-46(72)41(6)55-47(85-55)36-61(7,82)27-13-15-39(4)54-40(5)18-23-48(62(8,83)28-26-44(71)35-52(76)87-54)86-60(81)69-33-31-68(32-34-69)59(80)84-37-42-19-21-43(22-20-42)65-56(77)45(16-14-29-64-58(63)79)66-57(78)53(38(2)3)67-49(73)17-11-10-12-30-70-50(74)24-25-51(70)75/h13,15,18-25,27,38,40-41,44-48,53-55,71-72,82-83H,9-12,14,16-17,26,28-37H2,1-8H3,(H,65,77)(H,66,78)(H,67,73)(H3,63,64,79)/b23-18+,27-13+,39-15+/t40-,41+,44+,45-,46-,47+,48-,53-,54+,55+,61-,62+/m0/s1. The molecule has 0 unspecified atom stereocenters. The topological polar surface area (TPSA) is 359 Å². The van der Waals surface area contributed by atoms with Gasteiger partial charge in [-0.1, -0.05) is 77.5 Å². The molecule has 4 heterocycles. The first-order chi connectivity index (χ1) is 41.1. The van der Waals surface area contributed by atoms with Gasteiger partial charge >= 0.3 is 24.2 Å². The number of cyclic esters (lactones) is 1. The van der Waals surface area contributed by atoms with Crippen LogP contribution in [0.1, 0.15) is 132 Å². The second-order valence-corrected chi connectivity index (χ2v) is 24.0. The Kier molecular flexibility index (Phi) is 27.0. The van der Waals surface area contributed by atoms with E-state index in [2.05, 4.69) is 21.3 Å². The zero-order valence-electron chi connectivity index (χ0n) is 51.4. The summed E-state index contributed by atoms with van der Waals surface area (Å²) in [5.74, 6) is -3.88. The van der Waals surface area contributed by atoms with E-state index >= 15 is 0 Å². The number of unbranched alkanes of at least 4 members (excludes halogenated alkanes) is 2. The largest absolute Gasteiger partial charge is 0.457 e. The van der Waals surface area contributed by atoms with Gasteiger partial charge in [0.2, 0.25) is 17.7 Å². The number of primary amides is 1.